The van der Waals surface area contributed by atoms with Crippen LogP contribution in [0.3, 0.4) is 0 Å². The van der Waals surface area contributed by atoms with E-state index < -0.39 is 12.6 Å². The molecule has 0 radical (unpaired) electrons. The van der Waals surface area contributed by atoms with E-state index in [9.17, 15) is 20.4 Å². The molecule has 2 atom stereocenters. The van der Waals surface area contributed by atoms with Gasteiger partial charge >= 0.3 is 0 Å². The van der Waals surface area contributed by atoms with Gasteiger partial charge in [0.25, 0.3) is 0 Å². The molecule has 0 spiro atoms. The lowest BCUT2D eigenvalue weighted by Gasteiger charge is -2.20. The molecule has 6 heteroatoms. The van der Waals surface area contributed by atoms with Crippen molar-refractivity contribution in [1.29, 1.82) is 0 Å². The molecule has 1 aliphatic heterocycles. The van der Waals surface area contributed by atoms with Crippen molar-refractivity contribution in [2.75, 3.05) is 13.2 Å². The van der Waals surface area contributed by atoms with Gasteiger partial charge < -0.3 is 29.9 Å². The van der Waals surface area contributed by atoms with E-state index in [1.165, 1.54) is 0 Å². The Morgan fingerprint density at radius 1 is 0.731 bits per heavy atom. The zero-order valence-corrected chi connectivity index (χ0v) is 14.5. The maximum atomic E-state index is 10.4. The van der Waals surface area contributed by atoms with E-state index in [-0.39, 0.29) is 26.4 Å². The van der Waals surface area contributed by atoms with Crippen molar-refractivity contribution in [2.45, 2.75) is 38.6 Å². The molecular formula is C20H24O6. The van der Waals surface area contributed by atoms with Crippen molar-refractivity contribution >= 4 is 0 Å². The van der Waals surface area contributed by atoms with Gasteiger partial charge in [0.1, 0.15) is 0 Å². The van der Waals surface area contributed by atoms with Crippen molar-refractivity contribution in [1.82, 2.24) is 0 Å². The summed E-state index contributed by atoms with van der Waals surface area (Å²) in [5.74, 6) is 0. The van der Waals surface area contributed by atoms with E-state index >= 15 is 0 Å². The molecule has 2 aromatic carbocycles. The second-order valence-corrected chi connectivity index (χ2v) is 6.33. The molecule has 0 amide bonds. The number of benzene rings is 2. The van der Waals surface area contributed by atoms with Gasteiger partial charge in [-0.15, -0.1) is 0 Å². The maximum absolute atomic E-state index is 10.4. The van der Waals surface area contributed by atoms with E-state index in [1.807, 2.05) is 12.1 Å². The molecule has 0 aliphatic carbocycles. The molecule has 140 valence electrons. The molecule has 6 nitrogen and oxygen atoms in total. The van der Waals surface area contributed by atoms with Gasteiger partial charge in [-0.05, 0) is 35.1 Å². The average molecular weight is 360 g/mol. The first-order chi connectivity index (χ1) is 12.6. The average Bonchev–Trinajstić information content (AvgIpc) is 2.67. The van der Waals surface area contributed by atoms with Crippen molar-refractivity contribution in [2.24, 2.45) is 0 Å². The first-order valence-electron chi connectivity index (χ1n) is 8.67. The summed E-state index contributed by atoms with van der Waals surface area (Å²) in [4.78, 5) is 0. The Bertz CT molecular complexity index is 682. The summed E-state index contributed by atoms with van der Waals surface area (Å²) in [5, 5.41) is 39.7. The van der Waals surface area contributed by atoms with E-state index in [2.05, 4.69) is 0 Å². The van der Waals surface area contributed by atoms with Crippen molar-refractivity contribution in [3.63, 3.8) is 0 Å². The molecule has 0 fully saturated rings. The molecule has 4 bridgehead atoms. The van der Waals surface area contributed by atoms with Crippen LogP contribution < -0.4 is 0 Å². The summed E-state index contributed by atoms with van der Waals surface area (Å²) in [7, 11) is 0. The van der Waals surface area contributed by atoms with E-state index in [4.69, 9.17) is 9.47 Å². The topological polar surface area (TPSA) is 99.4 Å². The molecule has 2 aromatic rings. The normalized spacial score (nSPS) is 21.2. The highest BCUT2D eigenvalue weighted by Gasteiger charge is 2.17. The Kier molecular flexibility index (Phi) is 6.37. The monoisotopic (exact) mass is 360 g/mol. The second-order valence-electron chi connectivity index (χ2n) is 6.33. The molecular weight excluding hydrogens is 336 g/mol. The van der Waals surface area contributed by atoms with Crippen molar-refractivity contribution < 1.29 is 29.9 Å². The number of rotatable bonds is 2. The number of ether oxygens (including phenoxy) is 2. The fourth-order valence-corrected chi connectivity index (χ4v) is 3.10. The minimum Gasteiger partial charge on any atom is -0.392 e. The largest absolute Gasteiger partial charge is 0.392 e. The number of hydrogen-bond acceptors (Lipinski definition) is 6. The molecule has 0 aromatic heterocycles. The number of aliphatic hydroxyl groups excluding tert-OH is 4. The third-order valence-electron chi connectivity index (χ3n) is 4.63. The van der Waals surface area contributed by atoms with Crippen molar-refractivity contribution in [3.8, 4) is 0 Å². The molecule has 0 saturated carbocycles. The predicted octanol–water partition coefficient (Wildman–Crippen LogP) is 1.48. The Morgan fingerprint density at radius 2 is 1.15 bits per heavy atom. The number of fused-ring (bicyclic) bond motifs is 4. The summed E-state index contributed by atoms with van der Waals surface area (Å²) in [6.07, 6.45) is -1.20. The lowest BCUT2D eigenvalue weighted by atomic mass is 10.0. The molecule has 4 N–H and O–H groups in total. The van der Waals surface area contributed by atoms with E-state index in [0.717, 1.165) is 11.1 Å². The first kappa shape index (κ1) is 19.0. The highest BCUT2D eigenvalue weighted by Crippen LogP contribution is 2.25. The van der Waals surface area contributed by atoms with Gasteiger partial charge in [0.15, 0.2) is 12.6 Å². The zero-order chi connectivity index (χ0) is 18.5. The van der Waals surface area contributed by atoms with Crippen molar-refractivity contribution in [3.05, 3.63) is 69.8 Å². The molecule has 2 unspecified atom stereocenters. The van der Waals surface area contributed by atoms with Crippen LogP contribution in [0.5, 0.6) is 0 Å². The van der Waals surface area contributed by atoms with Gasteiger partial charge in [-0.1, -0.05) is 36.4 Å². The quantitative estimate of drug-likeness (QED) is 0.648. The van der Waals surface area contributed by atoms with Gasteiger partial charge in [0, 0.05) is 11.1 Å². The summed E-state index contributed by atoms with van der Waals surface area (Å²) in [6.45, 7) is 0.171. The van der Waals surface area contributed by atoms with Gasteiger partial charge in [-0.25, -0.2) is 0 Å². The fraction of sp³-hybridized carbons (Fsp3) is 0.400. The standard InChI is InChI=1S/C20H24O6/c21-11-15-3-1-13-5-7-25-20(24)18-10-14(2-4-16(18)12-22)6-8-26-19(23)17(15)9-13/h1-4,9-10,19-24H,5-8,11-12H2. The van der Waals surface area contributed by atoms with Crippen LogP contribution in [0.1, 0.15) is 46.0 Å². The lowest BCUT2D eigenvalue weighted by Crippen LogP contribution is -2.13. The van der Waals surface area contributed by atoms with E-state index in [0.29, 0.717) is 35.1 Å². The molecule has 3 rings (SSSR count). The first-order valence-corrected chi connectivity index (χ1v) is 8.67. The zero-order valence-electron chi connectivity index (χ0n) is 14.5. The summed E-state index contributed by atoms with van der Waals surface area (Å²) < 4.78 is 11.1. The third kappa shape index (κ3) is 4.29. The van der Waals surface area contributed by atoms with Crippen LogP contribution in [0.15, 0.2) is 36.4 Å². The predicted molar refractivity (Wildman–Crippen MR) is 94.0 cm³/mol. The maximum Gasteiger partial charge on any atom is 0.181 e. The van der Waals surface area contributed by atoms with Gasteiger partial charge in [0.05, 0.1) is 26.4 Å². The van der Waals surface area contributed by atoms with Crippen LogP contribution in [-0.2, 0) is 35.5 Å². The van der Waals surface area contributed by atoms with Crippen LogP contribution >= 0.6 is 0 Å². The number of hydrogen-bond donors (Lipinski definition) is 4. The molecule has 1 aliphatic rings. The van der Waals surface area contributed by atoms with Crippen LogP contribution in [0.4, 0.5) is 0 Å². The second kappa shape index (κ2) is 8.73. The lowest BCUT2D eigenvalue weighted by molar-refractivity contribution is -0.105. The smallest absolute Gasteiger partial charge is 0.181 e. The van der Waals surface area contributed by atoms with Gasteiger partial charge in [-0.2, -0.15) is 0 Å². The van der Waals surface area contributed by atoms with Crippen LogP contribution in [0.2, 0.25) is 0 Å². The summed E-state index contributed by atoms with van der Waals surface area (Å²) in [6, 6.07) is 10.8. The number of aliphatic hydroxyl groups is 4. The SMILES string of the molecule is OCc1ccc2cc1C(O)OCCc1ccc(CO)c(c1)C(O)OCC2. The fourth-order valence-electron chi connectivity index (χ4n) is 3.10. The summed E-state index contributed by atoms with van der Waals surface area (Å²) >= 11 is 0. The van der Waals surface area contributed by atoms with E-state index in [1.54, 1.807) is 24.3 Å². The Hall–Kier alpha value is -1.80. The third-order valence-corrected chi connectivity index (χ3v) is 4.63. The Morgan fingerprint density at radius 3 is 1.54 bits per heavy atom. The molecule has 0 saturated heterocycles. The highest BCUT2D eigenvalue weighted by atomic mass is 16.6. The Labute approximate surface area is 152 Å². The van der Waals surface area contributed by atoms with Crippen LogP contribution in [0, 0.1) is 0 Å². The minimum atomic E-state index is -1.12. The summed E-state index contributed by atoms with van der Waals surface area (Å²) in [5.41, 5.74) is 4.12. The Balaban J connectivity index is 1.89. The highest BCUT2D eigenvalue weighted by molar-refractivity contribution is 5.34. The minimum absolute atomic E-state index is 0.183. The van der Waals surface area contributed by atoms with Gasteiger partial charge in [-0.3, -0.25) is 0 Å². The van der Waals surface area contributed by atoms with Gasteiger partial charge in [0.2, 0.25) is 0 Å². The molecule has 26 heavy (non-hydrogen) atoms. The molecule has 1 heterocycles. The van der Waals surface area contributed by atoms with Crippen LogP contribution in [0.25, 0.3) is 0 Å². The van der Waals surface area contributed by atoms with Crippen LogP contribution in [-0.4, -0.2) is 33.6 Å².